The molecule has 0 saturated heterocycles. The van der Waals surface area contributed by atoms with Crippen LogP contribution in [0.4, 0.5) is 0 Å². The van der Waals surface area contributed by atoms with Crippen LogP contribution in [-0.4, -0.2) is 20.9 Å². The van der Waals surface area contributed by atoms with Gasteiger partial charge in [0.1, 0.15) is 0 Å². The molecule has 0 saturated carbocycles. The van der Waals surface area contributed by atoms with Crippen LogP contribution in [0.25, 0.3) is 10.9 Å². The number of fused-ring (bicyclic) bond motifs is 1. The third-order valence-corrected chi connectivity index (χ3v) is 3.38. The molecule has 0 radical (unpaired) electrons. The van der Waals surface area contributed by atoms with Crippen molar-refractivity contribution in [3.05, 3.63) is 65.4 Å². The molecule has 0 aliphatic carbocycles. The van der Waals surface area contributed by atoms with E-state index in [9.17, 15) is 4.79 Å². The lowest BCUT2D eigenvalue weighted by Crippen LogP contribution is -2.03. The smallest absolute Gasteiger partial charge is 0.335 e. The van der Waals surface area contributed by atoms with Crippen molar-refractivity contribution in [1.29, 1.82) is 0 Å². The minimum absolute atomic E-state index is 0.301. The first-order valence-corrected chi connectivity index (χ1v) is 6.39. The van der Waals surface area contributed by atoms with Crippen LogP contribution in [0.15, 0.2) is 48.5 Å². The molecule has 4 nitrogen and oxygen atoms in total. The molecule has 0 aliphatic rings. The zero-order valence-electron chi connectivity index (χ0n) is 11.1. The molecule has 0 unspecified atom stereocenters. The fourth-order valence-electron chi connectivity index (χ4n) is 2.34. The lowest BCUT2D eigenvalue weighted by atomic mass is 10.1. The van der Waals surface area contributed by atoms with Crippen LogP contribution in [0, 0.1) is 6.92 Å². The maximum Gasteiger partial charge on any atom is 0.335 e. The highest BCUT2D eigenvalue weighted by atomic mass is 16.4. The van der Waals surface area contributed by atoms with Crippen molar-refractivity contribution in [2.75, 3.05) is 0 Å². The van der Waals surface area contributed by atoms with E-state index in [1.54, 1.807) is 12.1 Å². The molecule has 0 atom stereocenters. The summed E-state index contributed by atoms with van der Waals surface area (Å²) < 4.78 is 1.94. The van der Waals surface area contributed by atoms with E-state index in [1.807, 2.05) is 41.9 Å². The summed E-state index contributed by atoms with van der Waals surface area (Å²) in [7, 11) is 0. The number of rotatable bonds is 3. The standard InChI is InChI=1S/C16H14N2O2/c1-11-14-4-2-3-5-15(14)18(17-11)10-12-6-8-13(9-7-12)16(19)20/h2-9H,10H2,1H3,(H,19,20). The minimum Gasteiger partial charge on any atom is -0.478 e. The number of hydrogen-bond acceptors (Lipinski definition) is 2. The summed E-state index contributed by atoms with van der Waals surface area (Å²) in [5, 5.41) is 14.6. The van der Waals surface area contributed by atoms with Gasteiger partial charge in [-0.1, -0.05) is 30.3 Å². The Morgan fingerprint density at radius 3 is 2.55 bits per heavy atom. The minimum atomic E-state index is -0.906. The average Bonchev–Trinajstić information content (AvgIpc) is 2.77. The van der Waals surface area contributed by atoms with Crippen LogP contribution in [0.2, 0.25) is 0 Å². The molecule has 0 spiro atoms. The first-order chi connectivity index (χ1) is 9.65. The number of carbonyl (C=O) groups is 1. The first-order valence-electron chi connectivity index (χ1n) is 6.39. The zero-order chi connectivity index (χ0) is 14.1. The van der Waals surface area contributed by atoms with Gasteiger partial charge >= 0.3 is 5.97 Å². The van der Waals surface area contributed by atoms with Crippen molar-refractivity contribution >= 4 is 16.9 Å². The van der Waals surface area contributed by atoms with Gasteiger partial charge in [-0.15, -0.1) is 0 Å². The highest BCUT2D eigenvalue weighted by molar-refractivity contribution is 5.87. The number of benzene rings is 2. The molecule has 3 aromatic rings. The fraction of sp³-hybridized carbons (Fsp3) is 0.125. The summed E-state index contributed by atoms with van der Waals surface area (Å²) in [5.74, 6) is -0.906. The zero-order valence-corrected chi connectivity index (χ0v) is 11.1. The number of hydrogen-bond donors (Lipinski definition) is 1. The summed E-state index contributed by atoms with van der Waals surface area (Å²) in [4.78, 5) is 10.8. The molecule has 0 bridgehead atoms. The van der Waals surface area contributed by atoms with E-state index >= 15 is 0 Å². The number of carboxylic acid groups (broad SMARTS) is 1. The number of nitrogens with zero attached hydrogens (tertiary/aromatic N) is 2. The average molecular weight is 266 g/mol. The summed E-state index contributed by atoms with van der Waals surface area (Å²) in [5.41, 5.74) is 3.42. The Bertz CT molecular complexity index is 773. The Hall–Kier alpha value is -2.62. The van der Waals surface area contributed by atoms with Crippen LogP contribution in [0.1, 0.15) is 21.6 Å². The number of para-hydroxylation sites is 1. The third kappa shape index (κ3) is 2.16. The van der Waals surface area contributed by atoms with E-state index < -0.39 is 5.97 Å². The summed E-state index contributed by atoms with van der Waals surface area (Å²) in [6.07, 6.45) is 0. The highest BCUT2D eigenvalue weighted by Crippen LogP contribution is 2.18. The molecule has 20 heavy (non-hydrogen) atoms. The molecule has 1 N–H and O–H groups in total. The summed E-state index contributed by atoms with van der Waals surface area (Å²) >= 11 is 0. The normalized spacial score (nSPS) is 10.8. The van der Waals surface area contributed by atoms with E-state index in [4.69, 9.17) is 5.11 Å². The van der Waals surface area contributed by atoms with Crippen LogP contribution in [0.5, 0.6) is 0 Å². The van der Waals surface area contributed by atoms with Gasteiger partial charge in [-0.3, -0.25) is 4.68 Å². The summed E-state index contributed by atoms with van der Waals surface area (Å²) in [6, 6.07) is 15.0. The van der Waals surface area contributed by atoms with E-state index in [-0.39, 0.29) is 0 Å². The van der Waals surface area contributed by atoms with Crippen molar-refractivity contribution in [1.82, 2.24) is 9.78 Å². The topological polar surface area (TPSA) is 55.1 Å². The van der Waals surface area contributed by atoms with E-state index in [0.29, 0.717) is 12.1 Å². The van der Waals surface area contributed by atoms with Gasteiger partial charge in [0.25, 0.3) is 0 Å². The van der Waals surface area contributed by atoms with Crippen molar-refractivity contribution < 1.29 is 9.90 Å². The fourth-order valence-corrected chi connectivity index (χ4v) is 2.34. The van der Waals surface area contributed by atoms with Gasteiger partial charge in [0.15, 0.2) is 0 Å². The van der Waals surface area contributed by atoms with Gasteiger partial charge in [0.2, 0.25) is 0 Å². The predicted molar refractivity (Wildman–Crippen MR) is 77.0 cm³/mol. The largest absolute Gasteiger partial charge is 0.478 e. The van der Waals surface area contributed by atoms with Crippen molar-refractivity contribution in [2.24, 2.45) is 0 Å². The molecule has 2 aromatic carbocycles. The molecule has 3 rings (SSSR count). The molecule has 0 aliphatic heterocycles. The number of aryl methyl sites for hydroxylation is 1. The Balaban J connectivity index is 1.95. The second-order valence-corrected chi connectivity index (χ2v) is 4.76. The van der Waals surface area contributed by atoms with Gasteiger partial charge in [-0.05, 0) is 30.7 Å². The van der Waals surface area contributed by atoms with Gasteiger partial charge in [0, 0.05) is 5.39 Å². The Labute approximate surface area is 116 Å². The van der Waals surface area contributed by atoms with E-state index in [1.165, 1.54) is 0 Å². The van der Waals surface area contributed by atoms with Gasteiger partial charge in [-0.2, -0.15) is 5.10 Å². The monoisotopic (exact) mass is 266 g/mol. The Morgan fingerprint density at radius 1 is 1.15 bits per heavy atom. The SMILES string of the molecule is Cc1nn(Cc2ccc(C(=O)O)cc2)c2ccccc12. The van der Waals surface area contributed by atoms with E-state index in [2.05, 4.69) is 11.2 Å². The number of carboxylic acids is 1. The third-order valence-electron chi connectivity index (χ3n) is 3.38. The number of aromatic carboxylic acids is 1. The van der Waals surface area contributed by atoms with Crippen LogP contribution in [-0.2, 0) is 6.54 Å². The highest BCUT2D eigenvalue weighted by Gasteiger charge is 2.07. The van der Waals surface area contributed by atoms with Crippen LogP contribution >= 0.6 is 0 Å². The Morgan fingerprint density at radius 2 is 1.85 bits per heavy atom. The maximum absolute atomic E-state index is 10.8. The van der Waals surface area contributed by atoms with Gasteiger partial charge in [0.05, 0.1) is 23.3 Å². The van der Waals surface area contributed by atoms with Crippen molar-refractivity contribution in [3.8, 4) is 0 Å². The molecule has 100 valence electrons. The molecular formula is C16H14N2O2. The number of aromatic nitrogens is 2. The second-order valence-electron chi connectivity index (χ2n) is 4.76. The second kappa shape index (κ2) is 4.81. The van der Waals surface area contributed by atoms with Gasteiger partial charge in [-0.25, -0.2) is 4.79 Å². The van der Waals surface area contributed by atoms with Gasteiger partial charge < -0.3 is 5.11 Å². The molecule has 1 aromatic heterocycles. The van der Waals surface area contributed by atoms with Crippen LogP contribution < -0.4 is 0 Å². The lowest BCUT2D eigenvalue weighted by molar-refractivity contribution is 0.0697. The van der Waals surface area contributed by atoms with Crippen molar-refractivity contribution in [3.63, 3.8) is 0 Å². The van der Waals surface area contributed by atoms with Crippen LogP contribution in [0.3, 0.4) is 0 Å². The Kier molecular flexibility index (Phi) is 2.99. The molecular weight excluding hydrogens is 252 g/mol. The first kappa shape index (κ1) is 12.4. The molecule has 4 heteroatoms. The predicted octanol–water partition coefficient (Wildman–Crippen LogP) is 3.09. The molecule has 1 heterocycles. The molecule has 0 fully saturated rings. The summed E-state index contributed by atoms with van der Waals surface area (Å²) in [6.45, 7) is 2.63. The molecule has 0 amide bonds. The maximum atomic E-state index is 10.8. The van der Waals surface area contributed by atoms with E-state index in [0.717, 1.165) is 22.2 Å². The quantitative estimate of drug-likeness (QED) is 0.792. The van der Waals surface area contributed by atoms with Crippen molar-refractivity contribution in [2.45, 2.75) is 13.5 Å². The lowest BCUT2D eigenvalue weighted by Gasteiger charge is -2.04.